The summed E-state index contributed by atoms with van der Waals surface area (Å²) in [6.07, 6.45) is 4.57. The lowest BCUT2D eigenvalue weighted by Gasteiger charge is -2.38. The van der Waals surface area contributed by atoms with Crippen molar-refractivity contribution in [2.24, 2.45) is 11.7 Å². The summed E-state index contributed by atoms with van der Waals surface area (Å²) in [4.78, 5) is 75.6. The Kier molecular flexibility index (Phi) is 14.3. The Morgan fingerprint density at radius 2 is 1.58 bits per heavy atom. The molecule has 246 valence electrons. The molecule has 0 fully saturated rings. The van der Waals surface area contributed by atoms with Crippen LogP contribution in [0.2, 0.25) is 0 Å². The molecule has 1 aromatic rings. The monoisotopic (exact) mass is 627 g/mol. The van der Waals surface area contributed by atoms with E-state index in [4.69, 9.17) is 15.2 Å². The molecule has 0 saturated heterocycles. The molecule has 0 bridgehead atoms. The third-order valence-corrected chi connectivity index (χ3v) is 7.65. The standard InChI is InChI=1S/C32H45N5O8/c1-22(2)31(42)26-19-23-7-3-4-8-24(23)20-37(26)32(43)25(33)9-5-6-13-34-28(39)21-45-18-17-44-16-14-35-27(38)12-15-36-29(40)10-11-30(36)41/h3-4,7-8,10-11,22,25-26H,5-6,9,12-21,33H2,1-2H3,(H,34,39)(H,35,38)/t25-,26-/m0/s1. The van der Waals surface area contributed by atoms with Crippen LogP contribution in [-0.2, 0) is 51.2 Å². The van der Waals surface area contributed by atoms with Gasteiger partial charge < -0.3 is 30.7 Å². The second-order valence-electron chi connectivity index (χ2n) is 11.4. The first-order valence-electron chi connectivity index (χ1n) is 15.5. The number of ether oxygens (including phenoxy) is 2. The average molecular weight is 628 g/mol. The highest BCUT2D eigenvalue weighted by atomic mass is 16.5. The zero-order chi connectivity index (χ0) is 32.8. The Bertz CT molecular complexity index is 1230. The summed E-state index contributed by atoms with van der Waals surface area (Å²) < 4.78 is 10.7. The molecule has 2 aliphatic rings. The molecule has 2 heterocycles. The largest absolute Gasteiger partial charge is 0.377 e. The quantitative estimate of drug-likeness (QED) is 0.143. The number of fused-ring (bicyclic) bond motifs is 1. The van der Waals surface area contributed by atoms with Gasteiger partial charge in [0.2, 0.25) is 17.7 Å². The minimum absolute atomic E-state index is 0.0113. The number of hydrogen-bond acceptors (Lipinski definition) is 9. The van der Waals surface area contributed by atoms with Gasteiger partial charge in [0.05, 0.1) is 31.9 Å². The van der Waals surface area contributed by atoms with Gasteiger partial charge in [-0.05, 0) is 30.4 Å². The predicted octanol–water partition coefficient (Wildman–Crippen LogP) is 0.243. The number of ketones is 1. The Balaban J connectivity index is 1.20. The third-order valence-electron chi connectivity index (χ3n) is 7.65. The predicted molar refractivity (Wildman–Crippen MR) is 164 cm³/mol. The van der Waals surface area contributed by atoms with E-state index >= 15 is 0 Å². The van der Waals surface area contributed by atoms with E-state index in [1.54, 1.807) is 4.90 Å². The number of hydrogen-bond donors (Lipinski definition) is 3. The van der Waals surface area contributed by atoms with Crippen LogP contribution in [0.4, 0.5) is 0 Å². The van der Waals surface area contributed by atoms with Crippen molar-refractivity contribution in [2.45, 2.75) is 64.6 Å². The minimum Gasteiger partial charge on any atom is -0.377 e. The second-order valence-corrected chi connectivity index (χ2v) is 11.4. The van der Waals surface area contributed by atoms with E-state index < -0.39 is 23.9 Å². The number of nitrogens with one attached hydrogen (secondary N) is 2. The van der Waals surface area contributed by atoms with E-state index in [9.17, 15) is 28.8 Å². The van der Waals surface area contributed by atoms with Crippen LogP contribution in [0.5, 0.6) is 0 Å². The number of Topliss-reactive ketones (excluding diaryl/α,β-unsaturated/α-hetero) is 1. The molecule has 0 aromatic heterocycles. The van der Waals surface area contributed by atoms with Crippen LogP contribution < -0.4 is 16.4 Å². The summed E-state index contributed by atoms with van der Waals surface area (Å²) >= 11 is 0. The van der Waals surface area contributed by atoms with E-state index in [0.717, 1.165) is 16.0 Å². The van der Waals surface area contributed by atoms with Gasteiger partial charge in [-0.15, -0.1) is 0 Å². The van der Waals surface area contributed by atoms with Crippen LogP contribution in [0, 0.1) is 5.92 Å². The smallest absolute Gasteiger partial charge is 0.253 e. The normalized spacial score (nSPS) is 16.6. The fourth-order valence-electron chi connectivity index (χ4n) is 5.10. The van der Waals surface area contributed by atoms with Crippen molar-refractivity contribution in [3.8, 4) is 0 Å². The molecule has 0 saturated carbocycles. The summed E-state index contributed by atoms with van der Waals surface area (Å²) in [6, 6.07) is 6.62. The number of nitrogens with two attached hydrogens (primary N) is 1. The third kappa shape index (κ3) is 11.2. The van der Waals surface area contributed by atoms with Gasteiger partial charge in [0.1, 0.15) is 6.61 Å². The number of carbonyl (C=O) groups excluding carboxylic acids is 6. The van der Waals surface area contributed by atoms with Crippen molar-refractivity contribution in [3.05, 3.63) is 47.5 Å². The van der Waals surface area contributed by atoms with Crippen molar-refractivity contribution < 1.29 is 38.2 Å². The zero-order valence-electron chi connectivity index (χ0n) is 26.1. The number of nitrogens with zero attached hydrogens (tertiary/aromatic N) is 2. The second kappa shape index (κ2) is 18.1. The molecule has 0 radical (unpaired) electrons. The molecule has 5 amide bonds. The van der Waals surface area contributed by atoms with Crippen LogP contribution in [0.3, 0.4) is 0 Å². The Morgan fingerprint density at radius 1 is 0.911 bits per heavy atom. The van der Waals surface area contributed by atoms with Crippen molar-refractivity contribution in [1.29, 1.82) is 0 Å². The van der Waals surface area contributed by atoms with Gasteiger partial charge in [0, 0.05) is 57.1 Å². The maximum Gasteiger partial charge on any atom is 0.253 e. The molecule has 0 aliphatic carbocycles. The molecule has 13 heteroatoms. The van der Waals surface area contributed by atoms with E-state index in [0.29, 0.717) is 38.8 Å². The van der Waals surface area contributed by atoms with E-state index in [1.807, 2.05) is 38.1 Å². The lowest BCUT2D eigenvalue weighted by atomic mass is 9.87. The number of imide groups is 1. The number of rotatable bonds is 19. The molecular weight excluding hydrogens is 582 g/mol. The van der Waals surface area contributed by atoms with Crippen LogP contribution in [0.1, 0.15) is 50.7 Å². The lowest BCUT2D eigenvalue weighted by molar-refractivity contribution is -0.143. The molecule has 1 aromatic carbocycles. The SMILES string of the molecule is CC(C)C(=O)[C@@H]1Cc2ccccc2CN1C(=O)[C@@H](N)CCCCNC(=O)COCCOCCNC(=O)CCN1C(=O)C=CC1=O. The van der Waals surface area contributed by atoms with E-state index in [-0.39, 0.29) is 75.4 Å². The van der Waals surface area contributed by atoms with Gasteiger partial charge in [-0.3, -0.25) is 33.7 Å². The van der Waals surface area contributed by atoms with Gasteiger partial charge in [0.25, 0.3) is 11.8 Å². The molecule has 45 heavy (non-hydrogen) atoms. The van der Waals surface area contributed by atoms with Crippen LogP contribution in [-0.4, -0.2) is 103 Å². The maximum absolute atomic E-state index is 13.3. The number of unbranched alkanes of at least 4 members (excludes halogenated alkanes) is 1. The fraction of sp³-hybridized carbons (Fsp3) is 0.562. The summed E-state index contributed by atoms with van der Waals surface area (Å²) in [6.45, 7) is 5.33. The van der Waals surface area contributed by atoms with Crippen molar-refractivity contribution in [2.75, 3.05) is 46.1 Å². The Labute approximate surface area is 263 Å². The van der Waals surface area contributed by atoms with Crippen molar-refractivity contribution in [1.82, 2.24) is 20.4 Å². The molecule has 4 N–H and O–H groups in total. The fourth-order valence-corrected chi connectivity index (χ4v) is 5.10. The first kappa shape index (κ1) is 35.5. The number of benzene rings is 1. The van der Waals surface area contributed by atoms with Gasteiger partial charge in [-0.2, -0.15) is 0 Å². The summed E-state index contributed by atoms with van der Waals surface area (Å²) in [7, 11) is 0. The number of carbonyl (C=O) groups is 6. The van der Waals surface area contributed by atoms with Crippen LogP contribution >= 0.6 is 0 Å². The lowest BCUT2D eigenvalue weighted by Crippen LogP contribution is -2.54. The van der Waals surface area contributed by atoms with Crippen molar-refractivity contribution >= 4 is 35.3 Å². The van der Waals surface area contributed by atoms with Gasteiger partial charge in [-0.1, -0.05) is 38.1 Å². The van der Waals surface area contributed by atoms with Crippen LogP contribution in [0.15, 0.2) is 36.4 Å². The van der Waals surface area contributed by atoms with Gasteiger partial charge in [-0.25, -0.2) is 0 Å². The van der Waals surface area contributed by atoms with Gasteiger partial charge >= 0.3 is 0 Å². The van der Waals surface area contributed by atoms with Crippen LogP contribution in [0.25, 0.3) is 0 Å². The zero-order valence-corrected chi connectivity index (χ0v) is 26.1. The molecular formula is C32H45N5O8. The van der Waals surface area contributed by atoms with E-state index in [2.05, 4.69) is 10.6 Å². The summed E-state index contributed by atoms with van der Waals surface area (Å²) in [5.41, 5.74) is 8.39. The molecule has 3 rings (SSSR count). The first-order valence-corrected chi connectivity index (χ1v) is 15.5. The first-order chi connectivity index (χ1) is 21.6. The highest BCUT2D eigenvalue weighted by Crippen LogP contribution is 2.26. The topological polar surface area (TPSA) is 177 Å². The Hall–Kier alpha value is -3.94. The van der Waals surface area contributed by atoms with Crippen molar-refractivity contribution in [3.63, 3.8) is 0 Å². The molecule has 0 unspecified atom stereocenters. The number of amides is 5. The average Bonchev–Trinajstić information content (AvgIpc) is 3.35. The molecule has 2 aliphatic heterocycles. The molecule has 13 nitrogen and oxygen atoms in total. The molecule has 0 spiro atoms. The highest BCUT2D eigenvalue weighted by molar-refractivity contribution is 6.13. The maximum atomic E-state index is 13.3. The van der Waals surface area contributed by atoms with Gasteiger partial charge in [0.15, 0.2) is 5.78 Å². The summed E-state index contributed by atoms with van der Waals surface area (Å²) in [5.74, 6) is -1.79. The molecule has 2 atom stereocenters. The highest BCUT2D eigenvalue weighted by Gasteiger charge is 2.37. The van der Waals surface area contributed by atoms with E-state index in [1.165, 1.54) is 12.2 Å². The Morgan fingerprint density at radius 3 is 2.29 bits per heavy atom. The summed E-state index contributed by atoms with van der Waals surface area (Å²) in [5, 5.41) is 5.41. The minimum atomic E-state index is -0.728.